The molecule has 18 heavy (non-hydrogen) atoms. The standard InChI is InChI=1S/C13H19N3O2/c1-9(2)11-6-14-13(15-7-11)16-4-3-10(8-16)5-12(17)18/h6-7,9-10H,3-5,8H2,1-2H3,(H,17,18). The smallest absolute Gasteiger partial charge is 0.303 e. The molecule has 1 aromatic heterocycles. The summed E-state index contributed by atoms with van der Waals surface area (Å²) in [6.45, 7) is 5.81. The van der Waals surface area contributed by atoms with E-state index in [0.717, 1.165) is 25.1 Å². The van der Waals surface area contributed by atoms with Crippen molar-refractivity contribution in [2.24, 2.45) is 5.92 Å². The van der Waals surface area contributed by atoms with Crippen molar-refractivity contribution in [2.45, 2.75) is 32.6 Å². The zero-order valence-corrected chi connectivity index (χ0v) is 10.8. The van der Waals surface area contributed by atoms with Gasteiger partial charge in [-0.25, -0.2) is 9.97 Å². The van der Waals surface area contributed by atoms with Crippen LogP contribution in [0.2, 0.25) is 0 Å². The number of anilines is 1. The van der Waals surface area contributed by atoms with Gasteiger partial charge in [-0.1, -0.05) is 13.8 Å². The SMILES string of the molecule is CC(C)c1cnc(N2CCC(CC(=O)O)C2)nc1. The maximum atomic E-state index is 10.7. The molecule has 0 aromatic carbocycles. The van der Waals surface area contributed by atoms with Gasteiger partial charge < -0.3 is 10.0 Å². The summed E-state index contributed by atoms with van der Waals surface area (Å²) in [6, 6.07) is 0. The highest BCUT2D eigenvalue weighted by atomic mass is 16.4. The zero-order valence-electron chi connectivity index (χ0n) is 10.8. The molecule has 2 rings (SSSR count). The number of hydrogen-bond donors (Lipinski definition) is 1. The second-order valence-corrected chi connectivity index (χ2v) is 5.17. The molecule has 5 nitrogen and oxygen atoms in total. The molecule has 2 heterocycles. The van der Waals surface area contributed by atoms with Crippen LogP contribution in [-0.4, -0.2) is 34.1 Å². The van der Waals surface area contributed by atoms with Gasteiger partial charge in [-0.15, -0.1) is 0 Å². The predicted octanol–water partition coefficient (Wildman–Crippen LogP) is 1.90. The van der Waals surface area contributed by atoms with Crippen LogP contribution >= 0.6 is 0 Å². The van der Waals surface area contributed by atoms with Crippen LogP contribution in [0.25, 0.3) is 0 Å². The van der Waals surface area contributed by atoms with Crippen LogP contribution in [0.3, 0.4) is 0 Å². The molecule has 0 amide bonds. The number of nitrogens with zero attached hydrogens (tertiary/aromatic N) is 3. The summed E-state index contributed by atoms with van der Waals surface area (Å²) in [6.07, 6.45) is 4.86. The molecule has 1 aliphatic heterocycles. The second kappa shape index (κ2) is 5.33. The first-order chi connectivity index (χ1) is 8.56. The minimum atomic E-state index is -0.724. The van der Waals surface area contributed by atoms with Crippen LogP contribution in [0, 0.1) is 5.92 Å². The normalized spacial score (nSPS) is 19.5. The van der Waals surface area contributed by atoms with E-state index in [0.29, 0.717) is 11.9 Å². The third-order valence-electron chi connectivity index (χ3n) is 3.36. The van der Waals surface area contributed by atoms with Crippen molar-refractivity contribution in [3.63, 3.8) is 0 Å². The molecule has 1 aromatic rings. The lowest BCUT2D eigenvalue weighted by atomic mass is 10.1. The molecule has 1 atom stereocenters. The molecule has 1 aliphatic rings. The molecule has 0 saturated carbocycles. The minimum absolute atomic E-state index is 0.218. The Morgan fingerprint density at radius 2 is 2.17 bits per heavy atom. The molecular weight excluding hydrogens is 230 g/mol. The molecule has 0 bridgehead atoms. The van der Waals surface area contributed by atoms with Gasteiger partial charge in [0.15, 0.2) is 0 Å². The van der Waals surface area contributed by atoms with Crippen LogP contribution in [0.15, 0.2) is 12.4 Å². The Hall–Kier alpha value is -1.65. The van der Waals surface area contributed by atoms with Crippen LogP contribution in [-0.2, 0) is 4.79 Å². The van der Waals surface area contributed by atoms with Crippen molar-refractivity contribution in [1.82, 2.24) is 9.97 Å². The van der Waals surface area contributed by atoms with Crippen molar-refractivity contribution in [3.05, 3.63) is 18.0 Å². The number of carbonyl (C=O) groups is 1. The van der Waals surface area contributed by atoms with E-state index < -0.39 is 5.97 Å². The average molecular weight is 249 g/mol. The fourth-order valence-corrected chi connectivity index (χ4v) is 2.22. The summed E-state index contributed by atoms with van der Waals surface area (Å²) in [5, 5.41) is 8.78. The second-order valence-electron chi connectivity index (χ2n) is 5.17. The molecule has 1 N–H and O–H groups in total. The van der Waals surface area contributed by atoms with E-state index in [1.165, 1.54) is 0 Å². The Balaban J connectivity index is 1.98. The number of aliphatic carboxylic acids is 1. The molecule has 1 unspecified atom stereocenters. The van der Waals surface area contributed by atoms with Crippen molar-refractivity contribution < 1.29 is 9.90 Å². The van der Waals surface area contributed by atoms with Crippen molar-refractivity contribution >= 4 is 11.9 Å². The number of carboxylic acids is 1. The van der Waals surface area contributed by atoms with Crippen LogP contribution in [0.5, 0.6) is 0 Å². The third-order valence-corrected chi connectivity index (χ3v) is 3.36. The number of hydrogen-bond acceptors (Lipinski definition) is 4. The molecule has 5 heteroatoms. The van der Waals surface area contributed by atoms with Gasteiger partial charge in [-0.2, -0.15) is 0 Å². The highest BCUT2D eigenvalue weighted by molar-refractivity contribution is 5.67. The monoisotopic (exact) mass is 249 g/mol. The lowest BCUT2D eigenvalue weighted by Crippen LogP contribution is -2.22. The first kappa shape index (κ1) is 12.8. The van der Waals surface area contributed by atoms with E-state index in [9.17, 15) is 4.79 Å². The van der Waals surface area contributed by atoms with Gasteiger partial charge >= 0.3 is 5.97 Å². The van der Waals surface area contributed by atoms with Crippen molar-refractivity contribution in [3.8, 4) is 0 Å². The average Bonchev–Trinajstić information content (AvgIpc) is 2.76. The number of aromatic nitrogens is 2. The summed E-state index contributed by atoms with van der Waals surface area (Å²) in [5.41, 5.74) is 1.13. The maximum absolute atomic E-state index is 10.7. The zero-order chi connectivity index (χ0) is 13.1. The molecule has 0 spiro atoms. The molecule has 98 valence electrons. The maximum Gasteiger partial charge on any atom is 0.303 e. The van der Waals surface area contributed by atoms with E-state index in [4.69, 9.17) is 5.11 Å². The molecule has 1 saturated heterocycles. The predicted molar refractivity (Wildman–Crippen MR) is 68.7 cm³/mol. The van der Waals surface area contributed by atoms with Crippen molar-refractivity contribution in [2.75, 3.05) is 18.0 Å². The Kier molecular flexibility index (Phi) is 3.79. The van der Waals surface area contributed by atoms with Crippen molar-refractivity contribution in [1.29, 1.82) is 0 Å². The summed E-state index contributed by atoms with van der Waals surface area (Å²) in [4.78, 5) is 21.5. The quantitative estimate of drug-likeness (QED) is 0.882. The minimum Gasteiger partial charge on any atom is -0.481 e. The fraction of sp³-hybridized carbons (Fsp3) is 0.615. The topological polar surface area (TPSA) is 66.3 Å². The number of rotatable bonds is 4. The van der Waals surface area contributed by atoms with Crippen LogP contribution in [0.1, 0.15) is 38.2 Å². The molecule has 1 fully saturated rings. The molecular formula is C13H19N3O2. The summed E-state index contributed by atoms with van der Waals surface area (Å²) < 4.78 is 0. The van der Waals surface area contributed by atoms with Gasteiger partial charge in [0, 0.05) is 31.9 Å². The van der Waals surface area contributed by atoms with E-state index in [2.05, 4.69) is 28.7 Å². The summed E-state index contributed by atoms with van der Waals surface area (Å²) in [5.74, 6) is 0.637. The fourth-order valence-electron chi connectivity index (χ4n) is 2.22. The van der Waals surface area contributed by atoms with Gasteiger partial charge in [0.05, 0.1) is 0 Å². The van der Waals surface area contributed by atoms with Gasteiger partial charge in [-0.3, -0.25) is 4.79 Å². The van der Waals surface area contributed by atoms with E-state index in [-0.39, 0.29) is 12.3 Å². The number of carboxylic acid groups (broad SMARTS) is 1. The van der Waals surface area contributed by atoms with E-state index >= 15 is 0 Å². The largest absolute Gasteiger partial charge is 0.481 e. The molecule has 0 radical (unpaired) electrons. The van der Waals surface area contributed by atoms with E-state index in [1.54, 1.807) is 0 Å². The Morgan fingerprint density at radius 1 is 1.50 bits per heavy atom. The Labute approximate surface area is 107 Å². The summed E-state index contributed by atoms with van der Waals surface area (Å²) in [7, 11) is 0. The first-order valence-corrected chi connectivity index (χ1v) is 6.35. The summed E-state index contributed by atoms with van der Waals surface area (Å²) >= 11 is 0. The highest BCUT2D eigenvalue weighted by Crippen LogP contribution is 2.23. The van der Waals surface area contributed by atoms with E-state index in [1.807, 2.05) is 12.4 Å². The van der Waals surface area contributed by atoms with Crippen LogP contribution < -0.4 is 4.90 Å². The lowest BCUT2D eigenvalue weighted by Gasteiger charge is -2.16. The Morgan fingerprint density at radius 3 is 2.72 bits per heavy atom. The van der Waals surface area contributed by atoms with Gasteiger partial charge in [0.25, 0.3) is 0 Å². The highest BCUT2D eigenvalue weighted by Gasteiger charge is 2.25. The van der Waals surface area contributed by atoms with Crippen LogP contribution in [0.4, 0.5) is 5.95 Å². The third kappa shape index (κ3) is 2.97. The Bertz CT molecular complexity index is 417. The van der Waals surface area contributed by atoms with Gasteiger partial charge in [0.1, 0.15) is 0 Å². The van der Waals surface area contributed by atoms with Gasteiger partial charge in [0.2, 0.25) is 5.95 Å². The lowest BCUT2D eigenvalue weighted by molar-refractivity contribution is -0.137. The molecule has 0 aliphatic carbocycles. The first-order valence-electron chi connectivity index (χ1n) is 6.35. The van der Waals surface area contributed by atoms with Gasteiger partial charge in [-0.05, 0) is 23.8 Å².